The number of amides is 2. The summed E-state index contributed by atoms with van der Waals surface area (Å²) < 4.78 is 0. The number of halogens is 1. The van der Waals surface area contributed by atoms with Crippen LogP contribution in [-0.2, 0) is 21.7 Å². The Morgan fingerprint density at radius 2 is 1.83 bits per heavy atom. The second kappa shape index (κ2) is 7.59. The van der Waals surface area contributed by atoms with Gasteiger partial charge in [-0.2, -0.15) is 0 Å². The molecule has 0 aliphatic rings. The lowest BCUT2D eigenvalue weighted by Gasteiger charge is -2.22. The Balaban J connectivity index is 1.81. The minimum atomic E-state index is -1.21. The standard InChI is InChI=1S/C16H17ClN2O3S/c1-16(22,13-3-2-8-23-13)10-19-15(21)14(20)18-9-11-4-6-12(17)7-5-11/h2-8,22H,9-10H2,1H3,(H,18,20)(H,19,21). The lowest BCUT2D eigenvalue weighted by Crippen LogP contribution is -2.45. The number of carbonyl (C=O) groups excluding carboxylic acids is 2. The molecule has 0 radical (unpaired) electrons. The molecule has 0 saturated carbocycles. The van der Waals surface area contributed by atoms with Gasteiger partial charge in [0, 0.05) is 16.4 Å². The van der Waals surface area contributed by atoms with Crippen LogP contribution in [0.25, 0.3) is 0 Å². The van der Waals surface area contributed by atoms with E-state index in [4.69, 9.17) is 11.6 Å². The van der Waals surface area contributed by atoms with Gasteiger partial charge in [0.25, 0.3) is 0 Å². The van der Waals surface area contributed by atoms with Crippen LogP contribution in [-0.4, -0.2) is 23.5 Å². The Morgan fingerprint density at radius 3 is 2.43 bits per heavy atom. The second-order valence-corrected chi connectivity index (χ2v) is 6.63. The summed E-state index contributed by atoms with van der Waals surface area (Å²) in [5, 5.41) is 17.7. The highest BCUT2D eigenvalue weighted by atomic mass is 35.5. The smallest absolute Gasteiger partial charge is 0.309 e. The van der Waals surface area contributed by atoms with E-state index in [9.17, 15) is 14.7 Å². The fourth-order valence-electron chi connectivity index (χ4n) is 1.87. The molecule has 2 aromatic rings. The summed E-state index contributed by atoms with van der Waals surface area (Å²) in [6.45, 7) is 1.77. The van der Waals surface area contributed by atoms with E-state index in [0.29, 0.717) is 5.02 Å². The summed E-state index contributed by atoms with van der Waals surface area (Å²) in [6.07, 6.45) is 0. The average molecular weight is 353 g/mol. The number of thiophene rings is 1. The molecular weight excluding hydrogens is 336 g/mol. The van der Waals surface area contributed by atoms with Gasteiger partial charge in [0.1, 0.15) is 5.60 Å². The van der Waals surface area contributed by atoms with Gasteiger partial charge in [0.05, 0.1) is 6.54 Å². The van der Waals surface area contributed by atoms with Gasteiger partial charge in [0.15, 0.2) is 0 Å². The second-order valence-electron chi connectivity index (χ2n) is 5.24. The van der Waals surface area contributed by atoms with Crippen LogP contribution >= 0.6 is 22.9 Å². The Hall–Kier alpha value is -1.89. The Labute approximate surface area is 143 Å². The van der Waals surface area contributed by atoms with Crippen molar-refractivity contribution in [3.63, 3.8) is 0 Å². The number of nitrogens with one attached hydrogen (secondary N) is 2. The minimum absolute atomic E-state index is 0.0410. The molecule has 0 aliphatic carbocycles. The zero-order valence-electron chi connectivity index (χ0n) is 12.5. The molecule has 23 heavy (non-hydrogen) atoms. The van der Waals surface area contributed by atoms with Crippen molar-refractivity contribution in [2.24, 2.45) is 0 Å². The van der Waals surface area contributed by atoms with Gasteiger partial charge in [-0.15, -0.1) is 11.3 Å². The van der Waals surface area contributed by atoms with Crippen molar-refractivity contribution in [1.82, 2.24) is 10.6 Å². The van der Waals surface area contributed by atoms with E-state index in [-0.39, 0.29) is 13.1 Å². The van der Waals surface area contributed by atoms with Gasteiger partial charge >= 0.3 is 11.8 Å². The van der Waals surface area contributed by atoms with Crippen LogP contribution in [0.5, 0.6) is 0 Å². The molecule has 3 N–H and O–H groups in total. The van der Waals surface area contributed by atoms with Gasteiger partial charge in [-0.3, -0.25) is 9.59 Å². The highest BCUT2D eigenvalue weighted by Crippen LogP contribution is 2.24. The first-order valence-corrected chi connectivity index (χ1v) is 8.21. The fourth-order valence-corrected chi connectivity index (χ4v) is 2.78. The van der Waals surface area contributed by atoms with E-state index >= 15 is 0 Å². The first-order chi connectivity index (χ1) is 10.9. The SMILES string of the molecule is CC(O)(CNC(=O)C(=O)NCc1ccc(Cl)cc1)c1cccs1. The third kappa shape index (κ3) is 5.06. The number of carbonyl (C=O) groups is 2. The summed E-state index contributed by atoms with van der Waals surface area (Å²) in [5.41, 5.74) is -0.374. The summed E-state index contributed by atoms with van der Waals surface area (Å²) >= 11 is 7.16. The number of rotatable bonds is 5. The van der Waals surface area contributed by atoms with Crippen molar-refractivity contribution < 1.29 is 14.7 Å². The van der Waals surface area contributed by atoms with Crippen LogP contribution in [0.1, 0.15) is 17.4 Å². The average Bonchev–Trinajstić information content (AvgIpc) is 3.07. The molecule has 1 unspecified atom stereocenters. The van der Waals surface area contributed by atoms with Crippen LogP contribution in [0.3, 0.4) is 0 Å². The van der Waals surface area contributed by atoms with E-state index in [0.717, 1.165) is 10.4 Å². The van der Waals surface area contributed by atoms with Gasteiger partial charge in [-0.25, -0.2) is 0 Å². The van der Waals surface area contributed by atoms with E-state index in [1.165, 1.54) is 11.3 Å². The highest BCUT2D eigenvalue weighted by molar-refractivity contribution is 7.10. The van der Waals surface area contributed by atoms with Crippen molar-refractivity contribution >= 4 is 34.8 Å². The maximum absolute atomic E-state index is 11.8. The van der Waals surface area contributed by atoms with Crippen molar-refractivity contribution in [1.29, 1.82) is 0 Å². The molecule has 1 aromatic heterocycles. The predicted molar refractivity (Wildman–Crippen MR) is 90.2 cm³/mol. The summed E-state index contributed by atoms with van der Waals surface area (Å²) in [4.78, 5) is 24.3. The molecule has 0 spiro atoms. The van der Waals surface area contributed by atoms with E-state index in [1.807, 2.05) is 11.4 Å². The molecule has 0 aliphatic heterocycles. The Kier molecular flexibility index (Phi) is 5.76. The lowest BCUT2D eigenvalue weighted by molar-refractivity contribution is -0.139. The number of benzene rings is 1. The van der Waals surface area contributed by atoms with Crippen molar-refractivity contribution in [3.8, 4) is 0 Å². The molecular formula is C16H17ClN2O3S. The van der Waals surface area contributed by atoms with Gasteiger partial charge < -0.3 is 15.7 Å². The first-order valence-electron chi connectivity index (χ1n) is 6.95. The highest BCUT2D eigenvalue weighted by Gasteiger charge is 2.26. The summed E-state index contributed by atoms with van der Waals surface area (Å²) in [7, 11) is 0. The first kappa shape index (κ1) is 17.5. The maximum Gasteiger partial charge on any atom is 0.309 e. The number of hydrogen-bond donors (Lipinski definition) is 3. The summed E-state index contributed by atoms with van der Waals surface area (Å²) in [5.74, 6) is -1.53. The molecule has 5 nitrogen and oxygen atoms in total. The molecule has 7 heteroatoms. The predicted octanol–water partition coefficient (Wildman–Crippen LogP) is 2.04. The molecule has 2 rings (SSSR count). The minimum Gasteiger partial charge on any atom is -0.383 e. The summed E-state index contributed by atoms with van der Waals surface area (Å²) in [6, 6.07) is 10.5. The fraction of sp³-hybridized carbons (Fsp3) is 0.250. The Morgan fingerprint density at radius 1 is 1.17 bits per heavy atom. The maximum atomic E-state index is 11.8. The topological polar surface area (TPSA) is 78.4 Å². The third-order valence-corrected chi connectivity index (χ3v) is 4.59. The zero-order valence-corrected chi connectivity index (χ0v) is 14.1. The molecule has 122 valence electrons. The monoisotopic (exact) mass is 352 g/mol. The van der Waals surface area contributed by atoms with Crippen LogP contribution in [0.15, 0.2) is 41.8 Å². The molecule has 1 aromatic carbocycles. The lowest BCUT2D eigenvalue weighted by atomic mass is 10.1. The van der Waals surface area contributed by atoms with Crippen LogP contribution in [0, 0.1) is 0 Å². The van der Waals surface area contributed by atoms with Crippen molar-refractivity contribution in [2.45, 2.75) is 19.1 Å². The molecule has 1 atom stereocenters. The van der Waals surface area contributed by atoms with Crippen LogP contribution in [0.4, 0.5) is 0 Å². The molecule has 0 fully saturated rings. The normalized spacial score (nSPS) is 13.2. The number of hydrogen-bond acceptors (Lipinski definition) is 4. The van der Waals surface area contributed by atoms with Crippen LogP contribution < -0.4 is 10.6 Å². The molecule has 1 heterocycles. The van der Waals surface area contributed by atoms with Crippen molar-refractivity contribution in [3.05, 3.63) is 57.2 Å². The van der Waals surface area contributed by atoms with Crippen LogP contribution in [0.2, 0.25) is 5.02 Å². The van der Waals surface area contributed by atoms with Gasteiger partial charge in [0.2, 0.25) is 0 Å². The third-order valence-electron chi connectivity index (χ3n) is 3.22. The number of aliphatic hydroxyl groups is 1. The molecule has 0 bridgehead atoms. The largest absolute Gasteiger partial charge is 0.383 e. The van der Waals surface area contributed by atoms with E-state index < -0.39 is 17.4 Å². The van der Waals surface area contributed by atoms with Gasteiger partial charge in [-0.05, 0) is 36.1 Å². The Bertz CT molecular complexity index is 669. The quantitative estimate of drug-likeness (QED) is 0.720. The van der Waals surface area contributed by atoms with Gasteiger partial charge in [-0.1, -0.05) is 29.8 Å². The van der Waals surface area contributed by atoms with E-state index in [2.05, 4.69) is 10.6 Å². The zero-order chi connectivity index (χ0) is 16.9. The molecule has 2 amide bonds. The molecule has 0 saturated heterocycles. The van der Waals surface area contributed by atoms with Crippen molar-refractivity contribution in [2.75, 3.05) is 6.54 Å². The van der Waals surface area contributed by atoms with E-state index in [1.54, 1.807) is 37.3 Å².